The minimum absolute atomic E-state index is 0.00933. The van der Waals surface area contributed by atoms with Crippen molar-refractivity contribution < 1.29 is 4.79 Å². The van der Waals surface area contributed by atoms with E-state index < -0.39 is 0 Å². The van der Waals surface area contributed by atoms with Crippen molar-refractivity contribution in [2.24, 2.45) is 0 Å². The van der Waals surface area contributed by atoms with Gasteiger partial charge in [0.25, 0.3) is 5.91 Å². The molecule has 0 saturated heterocycles. The van der Waals surface area contributed by atoms with Crippen LogP contribution in [0.1, 0.15) is 53.8 Å². The maximum absolute atomic E-state index is 12.3. The van der Waals surface area contributed by atoms with Crippen LogP contribution in [0, 0.1) is 6.92 Å². The molecule has 1 amide bonds. The van der Waals surface area contributed by atoms with Crippen LogP contribution >= 0.6 is 0 Å². The van der Waals surface area contributed by atoms with Crippen LogP contribution in [0.5, 0.6) is 0 Å². The number of anilines is 1. The number of hydrogen-bond donors (Lipinski definition) is 2. The fraction of sp³-hybridized carbons (Fsp3) is 0.316. The molecule has 1 aromatic heterocycles. The van der Waals surface area contributed by atoms with Crippen LogP contribution in [0.25, 0.3) is 11.6 Å². The number of carbonyl (C=O) groups excluding carboxylic acids is 1. The summed E-state index contributed by atoms with van der Waals surface area (Å²) in [5.74, 6) is 0.600. The molecule has 1 aliphatic carbocycles. The summed E-state index contributed by atoms with van der Waals surface area (Å²) in [5, 5.41) is 2.96. The summed E-state index contributed by atoms with van der Waals surface area (Å²) in [6.07, 6.45) is 5.61. The number of aromatic amines is 1. The van der Waals surface area contributed by atoms with E-state index in [4.69, 9.17) is 0 Å². The Morgan fingerprint density at radius 1 is 1.32 bits per heavy atom. The van der Waals surface area contributed by atoms with Crippen molar-refractivity contribution in [3.63, 3.8) is 0 Å². The second-order valence-corrected chi connectivity index (χ2v) is 6.46. The lowest BCUT2D eigenvalue weighted by Gasteiger charge is -2.17. The molecule has 1 unspecified atom stereocenters. The molecule has 2 aromatic rings. The average molecular weight is 292 g/mol. The number of benzene rings is 1. The lowest BCUT2D eigenvalue weighted by molar-refractivity contribution is -0.110. The smallest absolute Gasteiger partial charge is 0.256 e. The number of carbonyl (C=O) groups is 1. The first-order chi connectivity index (χ1) is 10.6. The maximum atomic E-state index is 12.3. The number of H-pyrrole nitrogens is 1. The Bertz CT molecular complexity index is 798. The molecular formula is C19H20N2O. The third kappa shape index (κ3) is 2.00. The van der Waals surface area contributed by atoms with Crippen molar-refractivity contribution in [1.29, 1.82) is 0 Å². The molecule has 0 spiro atoms. The molecule has 2 heterocycles. The second kappa shape index (κ2) is 4.87. The number of rotatable bonds is 1. The maximum Gasteiger partial charge on any atom is 0.256 e. The van der Waals surface area contributed by atoms with Crippen LogP contribution in [0.4, 0.5) is 5.69 Å². The fourth-order valence-corrected chi connectivity index (χ4v) is 3.73. The van der Waals surface area contributed by atoms with Crippen LogP contribution in [-0.4, -0.2) is 10.9 Å². The summed E-state index contributed by atoms with van der Waals surface area (Å²) in [6, 6.07) is 8.21. The predicted octanol–water partition coefficient (Wildman–Crippen LogP) is 4.26. The Kier molecular flexibility index (Phi) is 2.96. The molecule has 1 atom stereocenters. The van der Waals surface area contributed by atoms with E-state index in [1.54, 1.807) is 0 Å². The largest absolute Gasteiger partial charge is 0.359 e. The highest BCUT2D eigenvalue weighted by Gasteiger charge is 2.26. The second-order valence-electron chi connectivity index (χ2n) is 6.46. The van der Waals surface area contributed by atoms with Crippen LogP contribution in [0.3, 0.4) is 0 Å². The molecule has 22 heavy (non-hydrogen) atoms. The number of aromatic nitrogens is 1. The summed E-state index contributed by atoms with van der Waals surface area (Å²) < 4.78 is 0. The van der Waals surface area contributed by atoms with Gasteiger partial charge in [-0.3, -0.25) is 4.79 Å². The minimum Gasteiger partial charge on any atom is -0.359 e. The molecular weight excluding hydrogens is 272 g/mol. The normalized spacial score (nSPS) is 21.6. The lowest BCUT2D eigenvalue weighted by atomic mass is 9.88. The summed E-state index contributed by atoms with van der Waals surface area (Å²) >= 11 is 0. The highest BCUT2D eigenvalue weighted by molar-refractivity contribution is 6.35. The Morgan fingerprint density at radius 3 is 3.00 bits per heavy atom. The highest BCUT2D eigenvalue weighted by Crippen LogP contribution is 2.37. The SMILES string of the molecule is Cc1cccc2c1C(=Cc1cc3c([nH]1)CCCC3C)C(=O)N2. The van der Waals surface area contributed by atoms with Gasteiger partial charge in [0.05, 0.1) is 5.57 Å². The quantitative estimate of drug-likeness (QED) is 0.758. The van der Waals surface area contributed by atoms with Crippen molar-refractivity contribution >= 4 is 23.2 Å². The van der Waals surface area contributed by atoms with Gasteiger partial charge in [-0.1, -0.05) is 19.1 Å². The van der Waals surface area contributed by atoms with Gasteiger partial charge in [-0.25, -0.2) is 0 Å². The first kappa shape index (κ1) is 13.4. The predicted molar refractivity (Wildman–Crippen MR) is 89.8 cm³/mol. The van der Waals surface area contributed by atoms with Gasteiger partial charge in [0.2, 0.25) is 0 Å². The van der Waals surface area contributed by atoms with Crippen molar-refractivity contribution in [3.05, 3.63) is 52.3 Å². The minimum atomic E-state index is -0.00933. The third-order valence-corrected chi connectivity index (χ3v) is 4.88. The molecule has 0 saturated carbocycles. The number of aryl methyl sites for hydroxylation is 2. The molecule has 2 aliphatic rings. The van der Waals surface area contributed by atoms with Crippen molar-refractivity contribution in [3.8, 4) is 0 Å². The van der Waals surface area contributed by atoms with E-state index in [2.05, 4.69) is 36.3 Å². The van der Waals surface area contributed by atoms with Crippen LogP contribution in [0.2, 0.25) is 0 Å². The van der Waals surface area contributed by atoms with Gasteiger partial charge in [-0.2, -0.15) is 0 Å². The molecule has 2 N–H and O–H groups in total. The molecule has 4 rings (SSSR count). The zero-order valence-electron chi connectivity index (χ0n) is 13.0. The van der Waals surface area contributed by atoms with E-state index in [0.29, 0.717) is 5.92 Å². The first-order valence-electron chi connectivity index (χ1n) is 7.98. The van der Waals surface area contributed by atoms with Crippen LogP contribution < -0.4 is 5.32 Å². The molecule has 0 bridgehead atoms. The summed E-state index contributed by atoms with van der Waals surface area (Å²) in [5.41, 5.74) is 7.65. The Labute approximate surface area is 130 Å². The topological polar surface area (TPSA) is 44.9 Å². The molecule has 3 nitrogen and oxygen atoms in total. The average Bonchev–Trinajstić information content (AvgIpc) is 3.03. The van der Waals surface area contributed by atoms with Crippen molar-refractivity contribution in [2.45, 2.75) is 39.0 Å². The molecule has 0 fully saturated rings. The fourth-order valence-electron chi connectivity index (χ4n) is 3.73. The number of fused-ring (bicyclic) bond motifs is 2. The van der Waals surface area contributed by atoms with Gasteiger partial charge in [0.15, 0.2) is 0 Å². The molecule has 1 aromatic carbocycles. The third-order valence-electron chi connectivity index (χ3n) is 4.88. The Hall–Kier alpha value is -2.29. The zero-order valence-corrected chi connectivity index (χ0v) is 13.0. The molecule has 1 aliphatic heterocycles. The van der Waals surface area contributed by atoms with Gasteiger partial charge in [0, 0.05) is 22.6 Å². The molecule has 0 radical (unpaired) electrons. The number of hydrogen-bond acceptors (Lipinski definition) is 1. The van der Waals surface area contributed by atoms with E-state index in [1.807, 2.05) is 18.2 Å². The lowest BCUT2D eigenvalue weighted by Crippen LogP contribution is -2.04. The van der Waals surface area contributed by atoms with Gasteiger partial charge >= 0.3 is 0 Å². The van der Waals surface area contributed by atoms with E-state index in [9.17, 15) is 4.79 Å². The summed E-state index contributed by atoms with van der Waals surface area (Å²) in [6.45, 7) is 4.33. The standard InChI is InChI=1S/C19H20N2O/c1-11-5-3-7-16-14(11)9-13(20-16)10-15-18-12(2)6-4-8-17(18)21-19(15)22/h4,6,8-11,20H,3,5,7H2,1-2H3,(H,21,22). The van der Waals surface area contributed by atoms with E-state index in [1.165, 1.54) is 24.1 Å². The van der Waals surface area contributed by atoms with E-state index >= 15 is 0 Å². The number of nitrogens with one attached hydrogen (secondary N) is 2. The van der Waals surface area contributed by atoms with Crippen molar-refractivity contribution in [1.82, 2.24) is 4.98 Å². The van der Waals surface area contributed by atoms with Crippen LogP contribution in [-0.2, 0) is 11.2 Å². The van der Waals surface area contributed by atoms with Gasteiger partial charge in [-0.15, -0.1) is 0 Å². The van der Waals surface area contributed by atoms with Crippen LogP contribution in [0.15, 0.2) is 24.3 Å². The van der Waals surface area contributed by atoms with E-state index in [-0.39, 0.29) is 5.91 Å². The Morgan fingerprint density at radius 2 is 2.18 bits per heavy atom. The monoisotopic (exact) mass is 292 g/mol. The van der Waals surface area contributed by atoms with E-state index in [0.717, 1.165) is 34.5 Å². The first-order valence-corrected chi connectivity index (χ1v) is 7.98. The molecule has 112 valence electrons. The number of amides is 1. The zero-order chi connectivity index (χ0) is 15.3. The highest BCUT2D eigenvalue weighted by atomic mass is 16.2. The van der Waals surface area contributed by atoms with Gasteiger partial charge in [0.1, 0.15) is 0 Å². The Balaban J connectivity index is 1.80. The van der Waals surface area contributed by atoms with Crippen molar-refractivity contribution in [2.75, 3.05) is 5.32 Å². The van der Waals surface area contributed by atoms with Gasteiger partial charge in [-0.05, 0) is 61.4 Å². The van der Waals surface area contributed by atoms with Gasteiger partial charge < -0.3 is 10.3 Å². The summed E-state index contributed by atoms with van der Waals surface area (Å²) in [4.78, 5) is 15.8. The molecule has 3 heteroatoms. The summed E-state index contributed by atoms with van der Waals surface area (Å²) in [7, 11) is 0.